The van der Waals surface area contributed by atoms with Gasteiger partial charge in [-0.1, -0.05) is 0 Å². The van der Waals surface area contributed by atoms with Crippen LogP contribution in [0, 0.1) is 11.6 Å². The van der Waals surface area contributed by atoms with Crippen LogP contribution in [0.5, 0.6) is 5.75 Å². The van der Waals surface area contributed by atoms with E-state index in [2.05, 4.69) is 5.32 Å². The summed E-state index contributed by atoms with van der Waals surface area (Å²) in [5.74, 6) is -3.73. The predicted octanol–water partition coefficient (Wildman–Crippen LogP) is 0.127. The van der Waals surface area contributed by atoms with Gasteiger partial charge >= 0.3 is 0 Å². The minimum atomic E-state index is -4.38. The molecule has 0 aromatic heterocycles. The minimum Gasteiger partial charge on any atom is -0.479 e. The highest BCUT2D eigenvalue weighted by atomic mass is 32.2. The molecule has 0 unspecified atom stereocenters. The summed E-state index contributed by atoms with van der Waals surface area (Å²) in [5.41, 5.74) is 0. The molecular weight excluding hydrogens is 282 g/mol. The molecule has 0 heterocycles. The second-order valence-electron chi connectivity index (χ2n) is 3.50. The lowest BCUT2D eigenvalue weighted by Crippen LogP contribution is -2.29. The van der Waals surface area contributed by atoms with Crippen molar-refractivity contribution >= 4 is 15.9 Å². The lowest BCUT2D eigenvalue weighted by atomic mass is 10.3. The molecule has 6 nitrogen and oxygen atoms in total. The number of nitrogens with one attached hydrogen (secondary N) is 1. The van der Waals surface area contributed by atoms with Crippen molar-refractivity contribution in [3.05, 3.63) is 23.8 Å². The number of ether oxygens (including phenoxy) is 1. The van der Waals surface area contributed by atoms with Gasteiger partial charge in [-0.15, -0.1) is 0 Å². The molecule has 19 heavy (non-hydrogen) atoms. The molecule has 0 radical (unpaired) electrons. The van der Waals surface area contributed by atoms with E-state index in [1.165, 1.54) is 0 Å². The largest absolute Gasteiger partial charge is 0.479 e. The second kappa shape index (κ2) is 5.93. The molecule has 0 saturated carbocycles. The third-order valence-electron chi connectivity index (χ3n) is 2.00. The Bertz CT molecular complexity index is 589. The van der Waals surface area contributed by atoms with Gasteiger partial charge in [0, 0.05) is 12.6 Å². The van der Waals surface area contributed by atoms with Crippen LogP contribution < -0.4 is 15.2 Å². The monoisotopic (exact) mass is 294 g/mol. The smallest absolute Gasteiger partial charge is 0.257 e. The highest BCUT2D eigenvalue weighted by molar-refractivity contribution is 7.89. The number of benzene rings is 1. The van der Waals surface area contributed by atoms with E-state index in [1.54, 1.807) is 6.92 Å². The molecule has 0 bridgehead atoms. The van der Waals surface area contributed by atoms with Crippen LogP contribution in [0.25, 0.3) is 0 Å². The first-order chi connectivity index (χ1) is 8.75. The van der Waals surface area contributed by atoms with Crippen LogP contribution in [0.4, 0.5) is 8.78 Å². The van der Waals surface area contributed by atoms with Crippen LogP contribution in [0.3, 0.4) is 0 Å². The number of carbonyl (C=O) groups is 1. The molecule has 0 atom stereocenters. The molecule has 0 aliphatic carbocycles. The first-order valence-electron chi connectivity index (χ1n) is 5.17. The van der Waals surface area contributed by atoms with Crippen molar-refractivity contribution in [3.8, 4) is 5.75 Å². The Kier molecular flexibility index (Phi) is 4.78. The first kappa shape index (κ1) is 15.3. The van der Waals surface area contributed by atoms with Gasteiger partial charge in [-0.05, 0) is 13.0 Å². The van der Waals surface area contributed by atoms with Gasteiger partial charge in [-0.25, -0.2) is 22.3 Å². The summed E-state index contributed by atoms with van der Waals surface area (Å²) in [5, 5.41) is 7.18. The van der Waals surface area contributed by atoms with E-state index in [1.807, 2.05) is 0 Å². The van der Waals surface area contributed by atoms with E-state index in [-0.39, 0.29) is 0 Å². The highest BCUT2D eigenvalue weighted by Crippen LogP contribution is 2.27. The molecule has 1 amide bonds. The van der Waals surface area contributed by atoms with Crippen LogP contribution >= 0.6 is 0 Å². The van der Waals surface area contributed by atoms with Crippen molar-refractivity contribution < 1.29 is 26.7 Å². The van der Waals surface area contributed by atoms with Crippen molar-refractivity contribution in [2.45, 2.75) is 11.8 Å². The van der Waals surface area contributed by atoms with E-state index in [4.69, 9.17) is 9.88 Å². The molecular formula is C10H12F2N2O4S. The Morgan fingerprint density at radius 1 is 1.42 bits per heavy atom. The summed E-state index contributed by atoms with van der Waals surface area (Å²) >= 11 is 0. The maximum Gasteiger partial charge on any atom is 0.257 e. The van der Waals surface area contributed by atoms with Gasteiger partial charge in [0.05, 0.1) is 0 Å². The number of likely N-dealkylation sites (N-methyl/N-ethyl adjacent to an activating group) is 1. The molecule has 9 heteroatoms. The number of rotatable bonds is 5. The molecule has 106 valence electrons. The number of sulfonamides is 1. The van der Waals surface area contributed by atoms with Crippen molar-refractivity contribution in [1.82, 2.24) is 5.32 Å². The fourth-order valence-electron chi connectivity index (χ4n) is 1.27. The van der Waals surface area contributed by atoms with E-state index in [0.29, 0.717) is 18.7 Å². The fourth-order valence-corrected chi connectivity index (χ4v) is 1.97. The third-order valence-corrected chi connectivity index (χ3v) is 2.92. The molecule has 0 aliphatic rings. The summed E-state index contributed by atoms with van der Waals surface area (Å²) in [6.45, 7) is 1.38. The number of nitrogens with two attached hydrogens (primary N) is 1. The molecule has 3 N–H and O–H groups in total. The number of halogens is 2. The number of amides is 1. The first-order valence-corrected chi connectivity index (χ1v) is 6.71. The van der Waals surface area contributed by atoms with Gasteiger partial charge in [0.15, 0.2) is 18.2 Å². The molecule has 0 saturated heterocycles. The zero-order valence-electron chi connectivity index (χ0n) is 9.94. The van der Waals surface area contributed by atoms with Crippen LogP contribution in [0.15, 0.2) is 17.0 Å². The fraction of sp³-hybridized carbons (Fsp3) is 0.300. The second-order valence-corrected chi connectivity index (χ2v) is 5.03. The Morgan fingerprint density at radius 3 is 2.58 bits per heavy atom. The van der Waals surface area contributed by atoms with E-state index in [0.717, 1.165) is 0 Å². The molecule has 0 spiro atoms. The summed E-state index contributed by atoms with van der Waals surface area (Å²) in [7, 11) is -4.38. The van der Waals surface area contributed by atoms with Crippen LogP contribution in [0.1, 0.15) is 6.92 Å². The maximum atomic E-state index is 13.5. The van der Waals surface area contributed by atoms with Gasteiger partial charge in [-0.3, -0.25) is 4.79 Å². The minimum absolute atomic E-state index is 0.330. The SMILES string of the molecule is CCNC(=O)COc1c(F)cc(F)cc1S(N)(=O)=O. The van der Waals surface area contributed by atoms with Crippen LogP contribution in [-0.4, -0.2) is 27.5 Å². The van der Waals surface area contributed by atoms with Crippen molar-refractivity contribution in [3.63, 3.8) is 0 Å². The maximum absolute atomic E-state index is 13.5. The summed E-state index contributed by atoms with van der Waals surface area (Å²) in [4.78, 5) is 10.3. The van der Waals surface area contributed by atoms with Gasteiger partial charge < -0.3 is 10.1 Å². The Labute approximate surface area is 108 Å². The van der Waals surface area contributed by atoms with Gasteiger partial charge in [0.1, 0.15) is 10.7 Å². The van der Waals surface area contributed by atoms with E-state index in [9.17, 15) is 22.0 Å². The van der Waals surface area contributed by atoms with E-state index >= 15 is 0 Å². The van der Waals surface area contributed by atoms with Crippen molar-refractivity contribution in [1.29, 1.82) is 0 Å². The van der Waals surface area contributed by atoms with Crippen LogP contribution in [-0.2, 0) is 14.8 Å². The van der Waals surface area contributed by atoms with Gasteiger partial charge in [0.25, 0.3) is 5.91 Å². The molecule has 1 aromatic rings. The number of hydrogen-bond donors (Lipinski definition) is 2. The standard InChI is InChI=1S/C10H12F2N2O4S/c1-2-14-9(15)5-18-10-7(12)3-6(11)4-8(10)19(13,16)17/h3-4H,2,5H2,1H3,(H,14,15)(H2,13,16,17). The Morgan fingerprint density at radius 2 is 2.05 bits per heavy atom. The summed E-state index contributed by atoms with van der Waals surface area (Å²) in [6.07, 6.45) is 0. The zero-order chi connectivity index (χ0) is 14.6. The molecule has 1 rings (SSSR count). The number of primary sulfonamides is 1. The number of carbonyl (C=O) groups excluding carboxylic acids is 1. The highest BCUT2D eigenvalue weighted by Gasteiger charge is 2.21. The Hall–Kier alpha value is -1.74. The third kappa shape index (κ3) is 4.14. The molecule has 0 aliphatic heterocycles. The summed E-state index contributed by atoms with van der Waals surface area (Å²) < 4.78 is 53.6. The predicted molar refractivity (Wildman–Crippen MR) is 61.9 cm³/mol. The zero-order valence-corrected chi connectivity index (χ0v) is 10.8. The van der Waals surface area contributed by atoms with Crippen LogP contribution in [0.2, 0.25) is 0 Å². The molecule has 0 fully saturated rings. The molecule has 1 aromatic carbocycles. The normalized spacial score (nSPS) is 11.2. The average molecular weight is 294 g/mol. The average Bonchev–Trinajstić information content (AvgIpc) is 2.26. The van der Waals surface area contributed by atoms with Crippen molar-refractivity contribution in [2.75, 3.05) is 13.2 Å². The van der Waals surface area contributed by atoms with Crippen molar-refractivity contribution in [2.24, 2.45) is 5.14 Å². The quantitative estimate of drug-likeness (QED) is 0.806. The van der Waals surface area contributed by atoms with Gasteiger partial charge in [-0.2, -0.15) is 0 Å². The topological polar surface area (TPSA) is 98.5 Å². The Balaban J connectivity index is 3.09. The number of hydrogen-bond acceptors (Lipinski definition) is 4. The van der Waals surface area contributed by atoms with Gasteiger partial charge in [0.2, 0.25) is 10.0 Å². The van der Waals surface area contributed by atoms with E-state index < -0.39 is 44.8 Å². The summed E-state index contributed by atoms with van der Waals surface area (Å²) in [6, 6.07) is 0.952. The lowest BCUT2D eigenvalue weighted by molar-refractivity contribution is -0.123. The lowest BCUT2D eigenvalue weighted by Gasteiger charge is -2.11.